The van der Waals surface area contributed by atoms with Crippen LogP contribution < -0.4 is 10.1 Å². The van der Waals surface area contributed by atoms with Crippen molar-refractivity contribution in [1.82, 2.24) is 10.2 Å². The maximum atomic E-state index is 13.5. The molecule has 162 valence electrons. The third-order valence-corrected chi connectivity index (χ3v) is 6.53. The summed E-state index contributed by atoms with van der Waals surface area (Å²) < 4.78 is 5.39. The summed E-state index contributed by atoms with van der Waals surface area (Å²) in [5.41, 5.74) is 0.792. The van der Waals surface area contributed by atoms with Crippen LogP contribution in [0.4, 0.5) is 0 Å². The first-order valence-electron chi connectivity index (χ1n) is 10.9. The van der Waals surface area contributed by atoms with Gasteiger partial charge in [-0.1, -0.05) is 44.4 Å². The lowest BCUT2D eigenvalue weighted by molar-refractivity contribution is -0.140. The summed E-state index contributed by atoms with van der Waals surface area (Å²) in [4.78, 5) is 29.6. The number of thiophene rings is 1. The second-order valence-electron chi connectivity index (χ2n) is 7.87. The molecule has 1 saturated carbocycles. The normalized spacial score (nSPS) is 15.0. The van der Waals surface area contributed by atoms with Gasteiger partial charge in [-0.05, 0) is 48.4 Å². The van der Waals surface area contributed by atoms with E-state index >= 15 is 0 Å². The summed E-state index contributed by atoms with van der Waals surface area (Å²) in [6, 6.07) is 11.0. The Bertz CT molecular complexity index is 816. The van der Waals surface area contributed by atoms with Crippen molar-refractivity contribution in [2.45, 2.75) is 64.0 Å². The molecule has 1 fully saturated rings. The minimum Gasteiger partial charge on any atom is -0.497 e. The van der Waals surface area contributed by atoms with Crippen LogP contribution in [0.25, 0.3) is 0 Å². The highest BCUT2D eigenvalue weighted by atomic mass is 32.1. The van der Waals surface area contributed by atoms with Crippen molar-refractivity contribution in [3.05, 3.63) is 52.2 Å². The molecule has 2 amide bonds. The summed E-state index contributed by atoms with van der Waals surface area (Å²) in [6.45, 7) is 2.65. The first-order chi connectivity index (χ1) is 14.6. The maximum Gasteiger partial charge on any atom is 0.247 e. The molecule has 0 bridgehead atoms. The second-order valence-corrected chi connectivity index (χ2v) is 8.90. The minimum atomic E-state index is -0.653. The van der Waals surface area contributed by atoms with Gasteiger partial charge in [0.1, 0.15) is 11.8 Å². The molecule has 1 N–H and O–H groups in total. The molecule has 1 aliphatic rings. The van der Waals surface area contributed by atoms with Crippen LogP contribution in [0.5, 0.6) is 5.75 Å². The number of unbranched alkanes of at least 4 members (excludes halogenated alkanes) is 1. The van der Waals surface area contributed by atoms with Crippen LogP contribution >= 0.6 is 11.3 Å². The first-order valence-corrected chi connectivity index (χ1v) is 11.8. The van der Waals surface area contributed by atoms with Crippen LogP contribution in [-0.4, -0.2) is 36.4 Å². The van der Waals surface area contributed by atoms with Crippen molar-refractivity contribution in [2.75, 3.05) is 13.7 Å². The van der Waals surface area contributed by atoms with Gasteiger partial charge in [0, 0.05) is 17.5 Å². The Morgan fingerprint density at radius 3 is 2.70 bits per heavy atom. The van der Waals surface area contributed by atoms with Crippen LogP contribution in [0.2, 0.25) is 0 Å². The van der Waals surface area contributed by atoms with Crippen LogP contribution in [-0.2, 0) is 16.0 Å². The Labute approximate surface area is 183 Å². The van der Waals surface area contributed by atoms with Crippen molar-refractivity contribution < 1.29 is 14.3 Å². The van der Waals surface area contributed by atoms with Crippen molar-refractivity contribution in [1.29, 1.82) is 0 Å². The van der Waals surface area contributed by atoms with E-state index in [1.165, 1.54) is 0 Å². The number of ether oxygens (including phenoxy) is 1. The van der Waals surface area contributed by atoms with E-state index in [0.29, 0.717) is 18.7 Å². The maximum absolute atomic E-state index is 13.5. The molecule has 0 spiro atoms. The van der Waals surface area contributed by atoms with E-state index in [4.69, 9.17) is 4.74 Å². The third kappa shape index (κ3) is 5.85. The average molecular weight is 429 g/mol. The number of hydrogen-bond donors (Lipinski definition) is 1. The zero-order valence-electron chi connectivity index (χ0n) is 17.9. The van der Waals surface area contributed by atoms with E-state index in [0.717, 1.165) is 49.0 Å². The fourth-order valence-corrected chi connectivity index (χ4v) is 4.72. The number of carbonyl (C=O) groups excluding carboxylic acids is 2. The summed E-state index contributed by atoms with van der Waals surface area (Å²) >= 11 is 1.57. The predicted molar refractivity (Wildman–Crippen MR) is 121 cm³/mol. The van der Waals surface area contributed by atoms with Gasteiger partial charge in [-0.2, -0.15) is 0 Å². The van der Waals surface area contributed by atoms with Gasteiger partial charge in [0.05, 0.1) is 13.5 Å². The summed E-state index contributed by atoms with van der Waals surface area (Å²) in [6.07, 6.45) is 6.43. The van der Waals surface area contributed by atoms with Gasteiger partial charge < -0.3 is 15.0 Å². The zero-order valence-corrected chi connectivity index (χ0v) is 18.7. The molecule has 1 heterocycles. The summed E-state index contributed by atoms with van der Waals surface area (Å²) in [5.74, 6) is 0.582. The highest BCUT2D eigenvalue weighted by Crippen LogP contribution is 2.28. The number of methoxy groups -OCH3 is 1. The molecule has 0 aliphatic heterocycles. The Hall–Kier alpha value is -2.34. The smallest absolute Gasteiger partial charge is 0.247 e. The lowest BCUT2D eigenvalue weighted by atomic mass is 10.0. The second kappa shape index (κ2) is 11.2. The molecule has 6 heteroatoms. The van der Waals surface area contributed by atoms with Crippen molar-refractivity contribution in [3.8, 4) is 5.75 Å². The summed E-state index contributed by atoms with van der Waals surface area (Å²) in [5, 5.41) is 5.19. The van der Waals surface area contributed by atoms with E-state index in [1.54, 1.807) is 23.3 Å². The lowest BCUT2D eigenvalue weighted by Gasteiger charge is -2.32. The third-order valence-electron chi connectivity index (χ3n) is 5.65. The van der Waals surface area contributed by atoms with E-state index in [-0.39, 0.29) is 17.9 Å². The monoisotopic (exact) mass is 428 g/mol. The van der Waals surface area contributed by atoms with E-state index in [9.17, 15) is 9.59 Å². The fourth-order valence-electron chi connectivity index (χ4n) is 4.02. The molecule has 3 rings (SSSR count). The largest absolute Gasteiger partial charge is 0.497 e. The number of nitrogens with one attached hydrogen (secondary N) is 1. The van der Waals surface area contributed by atoms with E-state index in [2.05, 4.69) is 12.2 Å². The Morgan fingerprint density at radius 1 is 1.23 bits per heavy atom. The molecule has 5 nitrogen and oxygen atoms in total. The molecule has 0 unspecified atom stereocenters. The number of amides is 2. The van der Waals surface area contributed by atoms with Gasteiger partial charge in [0.25, 0.3) is 0 Å². The molecule has 30 heavy (non-hydrogen) atoms. The van der Waals surface area contributed by atoms with Crippen LogP contribution in [0.1, 0.15) is 61.9 Å². The molecule has 2 aromatic rings. The number of benzene rings is 1. The highest BCUT2D eigenvalue weighted by molar-refractivity contribution is 7.10. The molecule has 1 aromatic heterocycles. The zero-order chi connectivity index (χ0) is 21.3. The van der Waals surface area contributed by atoms with Crippen molar-refractivity contribution in [2.24, 2.45) is 0 Å². The van der Waals surface area contributed by atoms with Gasteiger partial charge in [0.2, 0.25) is 11.8 Å². The van der Waals surface area contributed by atoms with Gasteiger partial charge in [-0.15, -0.1) is 11.3 Å². The number of hydrogen-bond acceptors (Lipinski definition) is 4. The SMILES string of the molecule is CCCCN(C(=O)Cc1cccs1)[C@H](C(=O)NC1CCCC1)c1cccc(OC)c1. The van der Waals surface area contributed by atoms with Crippen LogP contribution in [0.3, 0.4) is 0 Å². The van der Waals surface area contributed by atoms with Crippen LogP contribution in [0, 0.1) is 0 Å². The van der Waals surface area contributed by atoms with Gasteiger partial charge in [0.15, 0.2) is 0 Å². The standard InChI is InChI=1S/C24H32N2O3S/c1-3-4-14-26(22(27)17-21-13-8-15-30-21)23(18-9-7-12-20(16-18)29-2)24(28)25-19-10-5-6-11-19/h7-9,12-13,15-16,19,23H,3-6,10-11,14,17H2,1-2H3,(H,25,28)/t23-/m0/s1. The first kappa shape index (κ1) is 22.3. The molecular weight excluding hydrogens is 396 g/mol. The summed E-state index contributed by atoms with van der Waals surface area (Å²) in [7, 11) is 1.61. The number of nitrogens with zero attached hydrogens (tertiary/aromatic N) is 1. The molecule has 1 aliphatic carbocycles. The van der Waals surface area contributed by atoms with Crippen molar-refractivity contribution in [3.63, 3.8) is 0 Å². The predicted octanol–water partition coefficient (Wildman–Crippen LogP) is 4.73. The molecule has 0 saturated heterocycles. The quantitative estimate of drug-likeness (QED) is 0.595. The number of carbonyl (C=O) groups is 2. The topological polar surface area (TPSA) is 58.6 Å². The highest BCUT2D eigenvalue weighted by Gasteiger charge is 2.33. The Kier molecular flexibility index (Phi) is 8.31. The minimum absolute atomic E-state index is 0.0136. The molecular formula is C24H32N2O3S. The van der Waals surface area contributed by atoms with E-state index < -0.39 is 6.04 Å². The van der Waals surface area contributed by atoms with Gasteiger partial charge >= 0.3 is 0 Å². The fraction of sp³-hybridized carbons (Fsp3) is 0.500. The Morgan fingerprint density at radius 2 is 2.03 bits per heavy atom. The van der Waals surface area contributed by atoms with Gasteiger partial charge in [-0.3, -0.25) is 9.59 Å². The van der Waals surface area contributed by atoms with Gasteiger partial charge in [-0.25, -0.2) is 0 Å². The average Bonchev–Trinajstić information content (AvgIpc) is 3.45. The van der Waals surface area contributed by atoms with Crippen LogP contribution in [0.15, 0.2) is 41.8 Å². The number of rotatable bonds is 10. The Balaban J connectivity index is 1.91. The molecule has 1 atom stereocenters. The lowest BCUT2D eigenvalue weighted by Crippen LogP contribution is -2.46. The van der Waals surface area contributed by atoms with E-state index in [1.807, 2.05) is 41.8 Å². The molecule has 0 radical (unpaired) electrons. The van der Waals surface area contributed by atoms with Crippen molar-refractivity contribution >= 4 is 23.2 Å². The molecule has 1 aromatic carbocycles.